The second-order valence-corrected chi connectivity index (χ2v) is 7.82. The molecule has 2 heterocycles. The molecule has 1 unspecified atom stereocenters. The van der Waals surface area contributed by atoms with Gasteiger partial charge in [-0.05, 0) is 42.5 Å². The second-order valence-electron chi connectivity index (χ2n) is 7.82. The van der Waals surface area contributed by atoms with Crippen LogP contribution in [0.1, 0.15) is 38.3 Å². The third kappa shape index (κ3) is 3.72. The van der Waals surface area contributed by atoms with Gasteiger partial charge in [0, 0.05) is 18.9 Å². The van der Waals surface area contributed by atoms with Crippen LogP contribution in [-0.4, -0.2) is 43.8 Å². The zero-order valence-electron chi connectivity index (χ0n) is 16.8. The Kier molecular flexibility index (Phi) is 5.68. The first-order valence-electron chi connectivity index (χ1n) is 9.59. The van der Waals surface area contributed by atoms with Gasteiger partial charge in [-0.2, -0.15) is 0 Å². The SMILES string of the molecule is CC(C)C[C@@H](C(=O)O)N1C(=O)N(Cc2ccccc2)C(C)(c2ccncc2)C1=O. The predicted molar refractivity (Wildman–Crippen MR) is 107 cm³/mol. The Morgan fingerprint density at radius 2 is 1.72 bits per heavy atom. The van der Waals surface area contributed by atoms with E-state index in [-0.39, 0.29) is 18.9 Å². The van der Waals surface area contributed by atoms with Crippen LogP contribution in [0.3, 0.4) is 0 Å². The molecule has 3 amide bonds. The molecule has 29 heavy (non-hydrogen) atoms. The lowest BCUT2D eigenvalue weighted by atomic mass is 9.90. The number of aromatic nitrogens is 1. The number of rotatable bonds is 7. The molecule has 1 aromatic heterocycles. The van der Waals surface area contributed by atoms with Crippen LogP contribution in [0.2, 0.25) is 0 Å². The average molecular weight is 395 g/mol. The van der Waals surface area contributed by atoms with Gasteiger partial charge in [-0.25, -0.2) is 14.5 Å². The lowest BCUT2D eigenvalue weighted by Gasteiger charge is -2.32. The number of imide groups is 1. The van der Waals surface area contributed by atoms with Crippen LogP contribution < -0.4 is 0 Å². The zero-order chi connectivity index (χ0) is 21.2. The Labute approximate surface area is 170 Å². The smallest absolute Gasteiger partial charge is 0.329 e. The number of nitrogens with zero attached hydrogens (tertiary/aromatic N) is 3. The molecule has 1 N–H and O–H groups in total. The first kappa shape index (κ1) is 20.5. The van der Waals surface area contributed by atoms with Gasteiger partial charge in [0.2, 0.25) is 0 Å². The van der Waals surface area contributed by atoms with Crippen LogP contribution in [0, 0.1) is 5.92 Å². The quantitative estimate of drug-likeness (QED) is 0.727. The summed E-state index contributed by atoms with van der Waals surface area (Å²) in [5.41, 5.74) is 0.130. The summed E-state index contributed by atoms with van der Waals surface area (Å²) in [5.74, 6) is -1.70. The van der Waals surface area contributed by atoms with E-state index < -0.39 is 29.5 Å². The Balaban J connectivity index is 2.09. The average Bonchev–Trinajstić information content (AvgIpc) is 2.89. The number of hydrogen-bond donors (Lipinski definition) is 1. The van der Waals surface area contributed by atoms with Crippen molar-refractivity contribution in [3.63, 3.8) is 0 Å². The Morgan fingerprint density at radius 3 is 2.28 bits per heavy atom. The fraction of sp³-hybridized carbons (Fsp3) is 0.364. The highest BCUT2D eigenvalue weighted by molar-refractivity contribution is 6.09. The van der Waals surface area contributed by atoms with Gasteiger partial charge in [0.15, 0.2) is 0 Å². The maximum atomic E-state index is 13.5. The summed E-state index contributed by atoms with van der Waals surface area (Å²) in [6.07, 6.45) is 3.31. The van der Waals surface area contributed by atoms with E-state index in [0.29, 0.717) is 5.56 Å². The third-order valence-electron chi connectivity index (χ3n) is 5.33. The highest BCUT2D eigenvalue weighted by atomic mass is 16.4. The molecular formula is C22H25N3O4. The Morgan fingerprint density at radius 1 is 1.10 bits per heavy atom. The number of benzene rings is 1. The number of aliphatic carboxylic acids is 1. The molecule has 1 aromatic carbocycles. The number of pyridine rings is 1. The molecule has 7 heteroatoms. The van der Waals surface area contributed by atoms with Gasteiger partial charge >= 0.3 is 12.0 Å². The van der Waals surface area contributed by atoms with Crippen LogP contribution in [-0.2, 0) is 21.7 Å². The summed E-state index contributed by atoms with van der Waals surface area (Å²) in [6, 6.07) is 10.9. The van der Waals surface area contributed by atoms with Crippen molar-refractivity contribution < 1.29 is 19.5 Å². The van der Waals surface area contributed by atoms with Crippen LogP contribution in [0.5, 0.6) is 0 Å². The van der Waals surface area contributed by atoms with Gasteiger partial charge in [0.1, 0.15) is 11.6 Å². The first-order valence-corrected chi connectivity index (χ1v) is 9.59. The summed E-state index contributed by atoms with van der Waals surface area (Å²) >= 11 is 0. The van der Waals surface area contributed by atoms with E-state index in [0.717, 1.165) is 10.5 Å². The molecule has 0 radical (unpaired) electrons. The number of carboxylic acid groups (broad SMARTS) is 1. The number of amides is 3. The molecule has 3 rings (SSSR count). The highest BCUT2D eigenvalue weighted by Crippen LogP contribution is 2.39. The maximum Gasteiger partial charge on any atom is 0.329 e. The van der Waals surface area contributed by atoms with E-state index in [2.05, 4.69) is 4.98 Å². The van der Waals surface area contributed by atoms with Gasteiger partial charge in [0.05, 0.1) is 0 Å². The molecule has 1 fully saturated rings. The van der Waals surface area contributed by atoms with E-state index in [1.807, 2.05) is 44.2 Å². The van der Waals surface area contributed by atoms with Crippen molar-refractivity contribution >= 4 is 17.9 Å². The molecule has 1 aliphatic rings. The van der Waals surface area contributed by atoms with Crippen LogP contribution in [0.25, 0.3) is 0 Å². The van der Waals surface area contributed by atoms with Crippen molar-refractivity contribution in [1.29, 1.82) is 0 Å². The molecule has 2 aromatic rings. The largest absolute Gasteiger partial charge is 0.480 e. The molecule has 0 aliphatic carbocycles. The molecule has 152 valence electrons. The van der Waals surface area contributed by atoms with E-state index >= 15 is 0 Å². The highest BCUT2D eigenvalue weighted by Gasteiger charge is 2.58. The number of carbonyl (C=O) groups excluding carboxylic acids is 2. The fourth-order valence-electron chi connectivity index (χ4n) is 3.74. The topological polar surface area (TPSA) is 90.8 Å². The van der Waals surface area contributed by atoms with Crippen molar-refractivity contribution in [2.75, 3.05) is 0 Å². The molecule has 1 aliphatic heterocycles. The fourth-order valence-corrected chi connectivity index (χ4v) is 3.74. The Hall–Kier alpha value is -3.22. The van der Waals surface area contributed by atoms with Gasteiger partial charge in [-0.15, -0.1) is 0 Å². The van der Waals surface area contributed by atoms with Crippen molar-refractivity contribution in [2.24, 2.45) is 5.92 Å². The monoisotopic (exact) mass is 395 g/mol. The zero-order valence-corrected chi connectivity index (χ0v) is 16.8. The molecule has 1 saturated heterocycles. The van der Waals surface area contributed by atoms with Gasteiger partial charge in [-0.3, -0.25) is 9.78 Å². The summed E-state index contributed by atoms with van der Waals surface area (Å²) in [6.45, 7) is 5.59. The summed E-state index contributed by atoms with van der Waals surface area (Å²) in [5, 5.41) is 9.76. The van der Waals surface area contributed by atoms with Gasteiger partial charge in [0.25, 0.3) is 5.91 Å². The predicted octanol–water partition coefficient (Wildman–Crippen LogP) is 3.26. The molecule has 0 spiro atoms. The number of hydrogen-bond acceptors (Lipinski definition) is 4. The van der Waals surface area contributed by atoms with Crippen molar-refractivity contribution in [1.82, 2.24) is 14.8 Å². The first-order chi connectivity index (χ1) is 13.8. The van der Waals surface area contributed by atoms with Crippen LogP contribution >= 0.6 is 0 Å². The minimum Gasteiger partial charge on any atom is -0.480 e. The Bertz CT molecular complexity index is 901. The normalized spacial score (nSPS) is 20.4. The molecule has 0 saturated carbocycles. The molecule has 0 bridgehead atoms. The number of carboxylic acids is 1. The number of urea groups is 1. The minimum absolute atomic E-state index is 0.00653. The molecule has 7 nitrogen and oxygen atoms in total. The van der Waals surface area contributed by atoms with Crippen LogP contribution in [0.4, 0.5) is 4.79 Å². The molecular weight excluding hydrogens is 370 g/mol. The standard InChI is InChI=1S/C22H25N3O4/c1-15(2)13-18(19(26)27)25-20(28)22(3,17-9-11-23-12-10-17)24(21(25)29)14-16-7-5-4-6-8-16/h4-12,15,18H,13-14H2,1-3H3,(H,26,27)/t18-,22?/m0/s1. The minimum atomic E-state index is -1.32. The molecule has 2 atom stereocenters. The van der Waals surface area contributed by atoms with Gasteiger partial charge < -0.3 is 10.0 Å². The van der Waals surface area contributed by atoms with Crippen molar-refractivity contribution in [3.8, 4) is 0 Å². The summed E-state index contributed by atoms with van der Waals surface area (Å²) < 4.78 is 0. The van der Waals surface area contributed by atoms with E-state index in [4.69, 9.17) is 0 Å². The second kappa shape index (κ2) is 8.03. The van der Waals surface area contributed by atoms with E-state index in [9.17, 15) is 19.5 Å². The third-order valence-corrected chi connectivity index (χ3v) is 5.33. The van der Waals surface area contributed by atoms with Crippen LogP contribution in [0.15, 0.2) is 54.9 Å². The van der Waals surface area contributed by atoms with Crippen molar-refractivity contribution in [3.05, 3.63) is 66.0 Å². The summed E-state index contributed by atoms with van der Waals surface area (Å²) in [4.78, 5) is 45.3. The number of carbonyl (C=O) groups is 3. The van der Waals surface area contributed by atoms with Crippen molar-refractivity contribution in [2.45, 2.75) is 45.3 Å². The van der Waals surface area contributed by atoms with Gasteiger partial charge in [-0.1, -0.05) is 44.2 Å². The van der Waals surface area contributed by atoms with E-state index in [1.165, 1.54) is 4.90 Å². The van der Waals surface area contributed by atoms with E-state index in [1.54, 1.807) is 31.5 Å². The maximum absolute atomic E-state index is 13.5. The summed E-state index contributed by atoms with van der Waals surface area (Å²) in [7, 11) is 0. The lowest BCUT2D eigenvalue weighted by molar-refractivity contribution is -0.148. The lowest BCUT2D eigenvalue weighted by Crippen LogP contribution is -2.47.